The molecule has 1 atom stereocenters. The Morgan fingerprint density at radius 3 is 2.45 bits per heavy atom. The molecule has 0 heterocycles. The average molecular weight is 279 g/mol. The van der Waals surface area contributed by atoms with Crippen molar-refractivity contribution in [3.63, 3.8) is 0 Å². The maximum absolute atomic E-state index is 9.65. The lowest BCUT2D eigenvalue weighted by Gasteiger charge is -2.09. The fourth-order valence-corrected chi connectivity index (χ4v) is 1.60. The Balaban J connectivity index is 2.73. The van der Waals surface area contributed by atoms with E-state index in [1.807, 2.05) is 12.1 Å². The fraction of sp³-hybridized carbons (Fsp3) is 0.400. The smallest absolute Gasteiger partial charge is 0.161 e. The van der Waals surface area contributed by atoms with Gasteiger partial charge >= 0.3 is 0 Å². The summed E-state index contributed by atoms with van der Waals surface area (Å²) in [4.78, 5) is 4.11. The van der Waals surface area contributed by atoms with Crippen molar-refractivity contribution in [2.45, 2.75) is 26.5 Å². The third kappa shape index (κ3) is 4.28. The molecule has 110 valence electrons. The summed E-state index contributed by atoms with van der Waals surface area (Å²) < 4.78 is 10.3. The van der Waals surface area contributed by atoms with Gasteiger partial charge in [0.1, 0.15) is 11.9 Å². The van der Waals surface area contributed by atoms with Crippen molar-refractivity contribution in [2.24, 2.45) is 4.99 Å². The van der Waals surface area contributed by atoms with E-state index < -0.39 is 6.10 Å². The molecule has 1 aromatic rings. The lowest BCUT2D eigenvalue weighted by Crippen LogP contribution is -2.12. The lowest BCUT2D eigenvalue weighted by atomic mass is 10.2. The molecule has 5 heteroatoms. The first-order valence-electron chi connectivity index (χ1n) is 6.24. The van der Waals surface area contributed by atoms with Crippen molar-refractivity contribution in [2.75, 3.05) is 14.2 Å². The predicted molar refractivity (Wildman–Crippen MR) is 78.8 cm³/mol. The monoisotopic (exact) mass is 279 g/mol. The predicted octanol–water partition coefficient (Wildman–Crippen LogP) is 2.49. The highest BCUT2D eigenvalue weighted by atomic mass is 16.5. The van der Waals surface area contributed by atoms with Gasteiger partial charge in [0, 0.05) is 6.21 Å². The minimum absolute atomic E-state index is 0.0685. The van der Waals surface area contributed by atoms with E-state index in [1.165, 1.54) is 6.21 Å². The van der Waals surface area contributed by atoms with Gasteiger partial charge in [0.25, 0.3) is 0 Å². The van der Waals surface area contributed by atoms with Gasteiger partial charge in [0.2, 0.25) is 0 Å². The quantitative estimate of drug-likeness (QED) is 0.620. The van der Waals surface area contributed by atoms with E-state index in [2.05, 4.69) is 4.99 Å². The van der Waals surface area contributed by atoms with E-state index in [1.54, 1.807) is 34.1 Å². The van der Waals surface area contributed by atoms with Crippen LogP contribution in [0.4, 0.5) is 0 Å². The molecule has 0 aliphatic rings. The molecule has 0 fully saturated rings. The fourth-order valence-electron chi connectivity index (χ4n) is 1.60. The van der Waals surface area contributed by atoms with Crippen LogP contribution in [0, 0.1) is 0 Å². The van der Waals surface area contributed by atoms with E-state index in [-0.39, 0.29) is 5.76 Å². The first-order chi connectivity index (χ1) is 9.49. The van der Waals surface area contributed by atoms with Gasteiger partial charge in [-0.05, 0) is 37.1 Å². The van der Waals surface area contributed by atoms with Crippen LogP contribution in [0.3, 0.4) is 0 Å². The van der Waals surface area contributed by atoms with Crippen LogP contribution in [0.1, 0.15) is 19.4 Å². The van der Waals surface area contributed by atoms with Gasteiger partial charge in [-0.3, -0.25) is 4.99 Å². The first kappa shape index (κ1) is 16.0. The van der Waals surface area contributed by atoms with Crippen LogP contribution < -0.4 is 9.47 Å². The highest BCUT2D eigenvalue weighted by molar-refractivity contribution is 5.66. The van der Waals surface area contributed by atoms with Crippen molar-refractivity contribution in [1.29, 1.82) is 0 Å². The van der Waals surface area contributed by atoms with Crippen LogP contribution in [0.5, 0.6) is 11.5 Å². The van der Waals surface area contributed by atoms with E-state index >= 15 is 0 Å². The number of aliphatic imine (C=N–C) groups is 1. The molecule has 0 aliphatic heterocycles. The number of nitrogens with zero attached hydrogens (tertiary/aromatic N) is 1. The van der Waals surface area contributed by atoms with Crippen LogP contribution >= 0.6 is 0 Å². The lowest BCUT2D eigenvalue weighted by molar-refractivity contribution is 0.208. The summed E-state index contributed by atoms with van der Waals surface area (Å²) in [5, 5.41) is 19.2. The van der Waals surface area contributed by atoms with Crippen molar-refractivity contribution >= 4 is 6.21 Å². The summed E-state index contributed by atoms with van der Waals surface area (Å²) in [7, 11) is 3.15. The maximum atomic E-state index is 9.65. The number of benzene rings is 1. The molecule has 1 rings (SSSR count). The summed E-state index contributed by atoms with van der Waals surface area (Å²) in [5.74, 6) is 1.22. The highest BCUT2D eigenvalue weighted by Gasteiger charge is 2.07. The van der Waals surface area contributed by atoms with Gasteiger partial charge in [0.15, 0.2) is 11.5 Å². The van der Waals surface area contributed by atoms with E-state index in [0.29, 0.717) is 23.6 Å². The Morgan fingerprint density at radius 1 is 1.25 bits per heavy atom. The Labute approximate surface area is 119 Å². The van der Waals surface area contributed by atoms with Crippen LogP contribution in [0.15, 0.2) is 34.5 Å². The molecule has 0 aliphatic carbocycles. The number of hydrogen-bond donors (Lipinski definition) is 2. The van der Waals surface area contributed by atoms with Gasteiger partial charge in [-0.25, -0.2) is 0 Å². The van der Waals surface area contributed by atoms with Gasteiger partial charge < -0.3 is 19.7 Å². The van der Waals surface area contributed by atoms with E-state index in [4.69, 9.17) is 9.47 Å². The van der Waals surface area contributed by atoms with Gasteiger partial charge in [-0.1, -0.05) is 6.07 Å². The molecule has 0 radical (unpaired) electrons. The number of methoxy groups -OCH3 is 2. The number of hydrogen-bond acceptors (Lipinski definition) is 5. The minimum Gasteiger partial charge on any atom is -0.509 e. The normalized spacial score (nSPS) is 12.2. The molecule has 0 bridgehead atoms. The zero-order valence-electron chi connectivity index (χ0n) is 12.3. The van der Waals surface area contributed by atoms with Gasteiger partial charge in [-0.2, -0.15) is 0 Å². The second-order valence-electron chi connectivity index (χ2n) is 4.51. The van der Waals surface area contributed by atoms with Crippen LogP contribution in [0.2, 0.25) is 0 Å². The molecule has 5 nitrogen and oxygen atoms in total. The molecular formula is C15H21NO4. The molecule has 0 saturated carbocycles. The van der Waals surface area contributed by atoms with Crippen LogP contribution in [-0.2, 0) is 6.54 Å². The second-order valence-corrected chi connectivity index (χ2v) is 4.51. The third-order valence-corrected chi connectivity index (χ3v) is 2.76. The van der Waals surface area contributed by atoms with Crippen molar-refractivity contribution < 1.29 is 19.7 Å². The maximum Gasteiger partial charge on any atom is 0.161 e. The van der Waals surface area contributed by atoms with Crippen LogP contribution in [0.25, 0.3) is 0 Å². The molecule has 0 spiro atoms. The molecule has 0 saturated heterocycles. The van der Waals surface area contributed by atoms with E-state index in [9.17, 15) is 10.2 Å². The zero-order valence-corrected chi connectivity index (χ0v) is 12.3. The number of rotatable bonds is 6. The number of aliphatic hydroxyl groups excluding tert-OH is 2. The molecule has 0 unspecified atom stereocenters. The van der Waals surface area contributed by atoms with Crippen molar-refractivity contribution in [3.8, 4) is 11.5 Å². The molecule has 0 aromatic heterocycles. The average Bonchev–Trinajstić information content (AvgIpc) is 2.45. The van der Waals surface area contributed by atoms with Crippen molar-refractivity contribution in [1.82, 2.24) is 0 Å². The number of ether oxygens (including phenoxy) is 2. The Kier molecular flexibility index (Phi) is 6.06. The SMILES string of the molecule is COc1ccc(CN=C[C@@H](O)C(O)=C(C)C)cc1OC. The summed E-state index contributed by atoms with van der Waals surface area (Å²) >= 11 is 0. The van der Waals surface area contributed by atoms with Gasteiger partial charge in [0.05, 0.1) is 20.8 Å². The van der Waals surface area contributed by atoms with Crippen molar-refractivity contribution in [3.05, 3.63) is 35.1 Å². The molecule has 1 aromatic carbocycles. The molecular weight excluding hydrogens is 258 g/mol. The molecule has 2 N–H and O–H groups in total. The summed E-state index contributed by atoms with van der Waals surface area (Å²) in [6.07, 6.45) is 0.249. The minimum atomic E-state index is -1.07. The zero-order chi connectivity index (χ0) is 15.1. The standard InChI is InChI=1S/C15H21NO4/c1-10(2)15(18)12(17)9-16-8-11-5-6-13(19-3)14(7-11)20-4/h5-7,9,12,17-18H,8H2,1-4H3/t12-/m1/s1. The van der Waals surface area contributed by atoms with Crippen LogP contribution in [-0.4, -0.2) is 36.8 Å². The largest absolute Gasteiger partial charge is 0.509 e. The molecule has 0 amide bonds. The molecule has 20 heavy (non-hydrogen) atoms. The summed E-state index contributed by atoms with van der Waals surface area (Å²) in [6.45, 7) is 3.83. The van der Waals surface area contributed by atoms with Gasteiger partial charge in [-0.15, -0.1) is 0 Å². The highest BCUT2D eigenvalue weighted by Crippen LogP contribution is 2.27. The third-order valence-electron chi connectivity index (χ3n) is 2.76. The Hall–Kier alpha value is -2.01. The number of aliphatic hydroxyl groups is 2. The van der Waals surface area contributed by atoms with E-state index in [0.717, 1.165) is 5.56 Å². The second kappa shape index (κ2) is 7.55. The number of allylic oxidation sites excluding steroid dienone is 1. The summed E-state index contributed by atoms with van der Waals surface area (Å²) in [5.41, 5.74) is 1.58. The topological polar surface area (TPSA) is 71.3 Å². The first-order valence-corrected chi connectivity index (χ1v) is 6.24. The summed E-state index contributed by atoms with van der Waals surface area (Å²) in [6, 6.07) is 5.49. The Bertz CT molecular complexity index is 505. The Morgan fingerprint density at radius 2 is 1.90 bits per heavy atom.